The van der Waals surface area contributed by atoms with Crippen molar-refractivity contribution in [3.05, 3.63) is 57.7 Å². The highest BCUT2D eigenvalue weighted by atomic mass is 32.2. The van der Waals surface area contributed by atoms with Crippen LogP contribution in [0.15, 0.2) is 40.6 Å². The highest BCUT2D eigenvalue weighted by molar-refractivity contribution is 7.89. The van der Waals surface area contributed by atoms with E-state index in [1.807, 2.05) is 30.7 Å². The maximum atomic E-state index is 13.2. The molecule has 1 saturated heterocycles. The Labute approximate surface area is 199 Å². The second kappa shape index (κ2) is 9.79. The van der Waals surface area contributed by atoms with E-state index in [9.17, 15) is 13.2 Å². The summed E-state index contributed by atoms with van der Waals surface area (Å²) in [6, 6.07) is 8.99. The van der Waals surface area contributed by atoms with Crippen molar-refractivity contribution in [2.75, 3.05) is 13.1 Å². The van der Waals surface area contributed by atoms with Crippen LogP contribution in [0.4, 0.5) is 0 Å². The number of amides is 1. The molecule has 0 saturated carbocycles. The zero-order valence-electron chi connectivity index (χ0n) is 19.3. The summed E-state index contributed by atoms with van der Waals surface area (Å²) in [4.78, 5) is 17.6. The Morgan fingerprint density at radius 1 is 1.12 bits per heavy atom. The molecule has 4 rings (SSSR count). The molecule has 1 aliphatic rings. The van der Waals surface area contributed by atoms with Gasteiger partial charge in [-0.25, -0.2) is 13.4 Å². The second-order valence-corrected chi connectivity index (χ2v) is 11.4. The van der Waals surface area contributed by atoms with Crippen LogP contribution in [0.25, 0.3) is 11.3 Å². The lowest BCUT2D eigenvalue weighted by Crippen LogP contribution is -2.36. The van der Waals surface area contributed by atoms with E-state index in [0.29, 0.717) is 18.7 Å². The summed E-state index contributed by atoms with van der Waals surface area (Å²) in [6.45, 7) is 7.38. The molecule has 0 spiro atoms. The minimum atomic E-state index is -3.57. The van der Waals surface area contributed by atoms with E-state index in [0.717, 1.165) is 46.9 Å². The van der Waals surface area contributed by atoms with Gasteiger partial charge in [-0.15, -0.1) is 11.3 Å². The van der Waals surface area contributed by atoms with Gasteiger partial charge in [-0.3, -0.25) is 4.79 Å². The van der Waals surface area contributed by atoms with E-state index < -0.39 is 10.0 Å². The van der Waals surface area contributed by atoms with E-state index in [2.05, 4.69) is 16.4 Å². The molecule has 0 aliphatic carbocycles. The zero-order valence-corrected chi connectivity index (χ0v) is 20.9. The van der Waals surface area contributed by atoms with Crippen molar-refractivity contribution in [3.63, 3.8) is 0 Å². The molecule has 1 aliphatic heterocycles. The van der Waals surface area contributed by atoms with Gasteiger partial charge in [0.15, 0.2) is 0 Å². The molecule has 176 valence electrons. The molecule has 3 heterocycles. The van der Waals surface area contributed by atoms with Crippen LogP contribution in [0.5, 0.6) is 0 Å². The van der Waals surface area contributed by atoms with Crippen LogP contribution in [0.1, 0.15) is 41.2 Å². The molecule has 33 heavy (non-hydrogen) atoms. The third kappa shape index (κ3) is 5.05. The normalized spacial score (nSPS) is 15.0. The monoisotopic (exact) mass is 486 g/mol. The number of nitrogens with one attached hydrogen (secondary N) is 1. The van der Waals surface area contributed by atoms with Gasteiger partial charge in [-0.1, -0.05) is 24.6 Å². The predicted molar refractivity (Wildman–Crippen MR) is 131 cm³/mol. The number of carbonyl (C=O) groups is 1. The van der Waals surface area contributed by atoms with Gasteiger partial charge >= 0.3 is 0 Å². The van der Waals surface area contributed by atoms with Gasteiger partial charge < -0.3 is 9.88 Å². The molecule has 1 fully saturated rings. The fraction of sp³-hybridized carbons (Fsp3) is 0.417. The minimum absolute atomic E-state index is 0.164. The molecule has 9 heteroatoms. The molecular formula is C24H30N4O3S2. The van der Waals surface area contributed by atoms with E-state index in [1.165, 1.54) is 0 Å². The van der Waals surface area contributed by atoms with E-state index in [-0.39, 0.29) is 23.9 Å². The quantitative estimate of drug-likeness (QED) is 0.547. The Morgan fingerprint density at radius 2 is 1.85 bits per heavy atom. The molecular weight excluding hydrogens is 456 g/mol. The number of hydrogen-bond donors (Lipinski definition) is 1. The van der Waals surface area contributed by atoms with Gasteiger partial charge in [-0.05, 0) is 51.3 Å². The Kier molecular flexibility index (Phi) is 7.02. The van der Waals surface area contributed by atoms with E-state index in [4.69, 9.17) is 0 Å². The maximum absolute atomic E-state index is 13.2. The zero-order chi connectivity index (χ0) is 23.6. The van der Waals surface area contributed by atoms with Crippen molar-refractivity contribution in [1.82, 2.24) is 19.2 Å². The first-order chi connectivity index (χ1) is 15.8. The van der Waals surface area contributed by atoms with Gasteiger partial charge in [0.05, 0.1) is 15.6 Å². The fourth-order valence-corrected chi connectivity index (χ4v) is 6.68. The summed E-state index contributed by atoms with van der Waals surface area (Å²) in [7, 11) is -3.57. The lowest BCUT2D eigenvalue weighted by molar-refractivity contribution is -0.121. The SMILES string of the molecule is Cc1nc(-c2cc(C)n(CC(=O)NCc3ccccc3S(=O)(=O)N3CCCCC3)c2C)cs1. The van der Waals surface area contributed by atoms with Gasteiger partial charge in [0.25, 0.3) is 0 Å². The number of aromatic nitrogens is 2. The lowest BCUT2D eigenvalue weighted by Gasteiger charge is -2.26. The third-order valence-corrected chi connectivity index (χ3v) is 8.92. The molecule has 0 unspecified atom stereocenters. The topological polar surface area (TPSA) is 84.3 Å². The molecule has 3 aromatic rings. The van der Waals surface area contributed by atoms with Gasteiger partial charge in [0.2, 0.25) is 15.9 Å². The van der Waals surface area contributed by atoms with Crippen LogP contribution in [0.3, 0.4) is 0 Å². The smallest absolute Gasteiger partial charge is 0.243 e. The van der Waals surface area contributed by atoms with Crippen LogP contribution in [0, 0.1) is 20.8 Å². The molecule has 1 N–H and O–H groups in total. The van der Waals surface area contributed by atoms with Crippen LogP contribution in [-0.2, 0) is 27.9 Å². The van der Waals surface area contributed by atoms with Crippen molar-refractivity contribution in [1.29, 1.82) is 0 Å². The van der Waals surface area contributed by atoms with E-state index in [1.54, 1.807) is 39.9 Å². The summed E-state index contributed by atoms with van der Waals surface area (Å²) in [6.07, 6.45) is 2.83. The number of piperidine rings is 1. The first kappa shape index (κ1) is 23.7. The highest BCUT2D eigenvalue weighted by Crippen LogP contribution is 2.28. The van der Waals surface area contributed by atoms with Crippen LogP contribution >= 0.6 is 11.3 Å². The summed E-state index contributed by atoms with van der Waals surface area (Å²) in [5.74, 6) is -0.164. The molecule has 2 aromatic heterocycles. The standard InChI is InChI=1S/C24H30N4O3S2/c1-17-13-21(22-16-32-19(3)26-22)18(2)28(17)15-24(29)25-14-20-9-5-6-10-23(20)33(30,31)27-11-7-4-8-12-27/h5-6,9-10,13,16H,4,7-8,11-12,14-15H2,1-3H3,(H,25,29). The number of rotatable bonds is 7. The second-order valence-electron chi connectivity index (χ2n) is 8.47. The Balaban J connectivity index is 1.47. The Hall–Kier alpha value is -2.49. The third-order valence-electron chi connectivity index (χ3n) is 6.15. The largest absolute Gasteiger partial charge is 0.350 e. The van der Waals surface area contributed by atoms with Crippen molar-refractivity contribution in [3.8, 4) is 11.3 Å². The molecule has 0 radical (unpaired) electrons. The van der Waals surface area contributed by atoms with Crippen molar-refractivity contribution < 1.29 is 13.2 Å². The van der Waals surface area contributed by atoms with Gasteiger partial charge in [0, 0.05) is 42.0 Å². The summed E-state index contributed by atoms with van der Waals surface area (Å²) in [5, 5.41) is 5.95. The maximum Gasteiger partial charge on any atom is 0.243 e. The van der Waals surface area contributed by atoms with E-state index >= 15 is 0 Å². The number of hydrogen-bond acceptors (Lipinski definition) is 5. The number of carbonyl (C=O) groups excluding carboxylic acids is 1. The Morgan fingerprint density at radius 3 is 2.55 bits per heavy atom. The average molecular weight is 487 g/mol. The summed E-state index contributed by atoms with van der Waals surface area (Å²) < 4.78 is 29.9. The summed E-state index contributed by atoms with van der Waals surface area (Å²) >= 11 is 1.60. The molecule has 0 bridgehead atoms. The Bertz CT molecular complexity index is 1250. The number of benzene rings is 1. The van der Waals surface area contributed by atoms with Crippen molar-refractivity contribution in [2.24, 2.45) is 0 Å². The predicted octanol–water partition coefficient (Wildman–Crippen LogP) is 4.03. The van der Waals surface area contributed by atoms with Crippen LogP contribution in [-0.4, -0.2) is 41.3 Å². The molecule has 1 amide bonds. The van der Waals surface area contributed by atoms with Gasteiger partial charge in [-0.2, -0.15) is 4.31 Å². The lowest BCUT2D eigenvalue weighted by atomic mass is 10.2. The molecule has 0 atom stereocenters. The first-order valence-corrected chi connectivity index (χ1v) is 13.5. The van der Waals surface area contributed by atoms with Gasteiger partial charge in [0.1, 0.15) is 6.54 Å². The van der Waals surface area contributed by atoms with Crippen LogP contribution in [0.2, 0.25) is 0 Å². The van der Waals surface area contributed by atoms with Crippen LogP contribution < -0.4 is 5.32 Å². The number of sulfonamides is 1. The number of aryl methyl sites for hydroxylation is 2. The number of nitrogens with zero attached hydrogens (tertiary/aromatic N) is 3. The fourth-order valence-electron chi connectivity index (χ4n) is 4.33. The molecule has 1 aromatic carbocycles. The van der Waals surface area contributed by atoms with Crippen molar-refractivity contribution >= 4 is 27.3 Å². The first-order valence-electron chi connectivity index (χ1n) is 11.2. The molecule has 7 nitrogen and oxygen atoms in total. The highest BCUT2D eigenvalue weighted by Gasteiger charge is 2.28. The van der Waals surface area contributed by atoms with Crippen molar-refractivity contribution in [2.45, 2.75) is 58.0 Å². The minimum Gasteiger partial charge on any atom is -0.350 e. The number of thiazole rings is 1. The summed E-state index contributed by atoms with van der Waals surface area (Å²) in [5.41, 5.74) is 4.53. The average Bonchev–Trinajstić information content (AvgIpc) is 3.36.